The maximum absolute atomic E-state index is 12.5. The van der Waals surface area contributed by atoms with Crippen molar-refractivity contribution in [2.45, 2.75) is 13.8 Å². The summed E-state index contributed by atoms with van der Waals surface area (Å²) in [6, 6.07) is 18.7. The number of hydrogen-bond acceptors (Lipinski definition) is 7. The lowest BCUT2D eigenvalue weighted by molar-refractivity contribution is 0.0997. The Balaban J connectivity index is 1.52. The minimum absolute atomic E-state index is 0.219. The molecule has 2 N–H and O–H groups in total. The zero-order valence-electron chi connectivity index (χ0n) is 18.8. The highest BCUT2D eigenvalue weighted by Gasteiger charge is 2.17. The van der Waals surface area contributed by atoms with Crippen LogP contribution in [-0.2, 0) is 0 Å². The molecule has 34 heavy (non-hydrogen) atoms. The number of carbonyl (C=O) groups is 1. The summed E-state index contributed by atoms with van der Waals surface area (Å²) in [6.45, 7) is 6.20. The number of hydrazone groups is 1. The van der Waals surface area contributed by atoms with Gasteiger partial charge in [-0.1, -0.05) is 47.2 Å². The van der Waals surface area contributed by atoms with E-state index >= 15 is 0 Å². The van der Waals surface area contributed by atoms with Crippen molar-refractivity contribution >= 4 is 50.9 Å². The normalized spacial score (nSPS) is 11.0. The molecule has 0 saturated heterocycles. The molecule has 0 saturated carbocycles. The Morgan fingerprint density at radius 3 is 2.50 bits per heavy atom. The fourth-order valence-corrected chi connectivity index (χ4v) is 4.31. The number of anilines is 3. The van der Waals surface area contributed by atoms with E-state index in [2.05, 4.69) is 51.7 Å². The maximum Gasteiger partial charge on any atom is 0.292 e. The molecule has 2 heterocycles. The van der Waals surface area contributed by atoms with Crippen LogP contribution in [0.15, 0.2) is 76.4 Å². The molecular formula is C25H24ClN5O2S. The topological polar surface area (TPSA) is 82.8 Å². The van der Waals surface area contributed by atoms with Gasteiger partial charge in [-0.05, 0) is 55.8 Å². The molecule has 9 heteroatoms. The molecule has 174 valence electrons. The fraction of sp³-hybridized carbons (Fsp3) is 0.160. The zero-order chi connectivity index (χ0) is 23.9. The molecule has 0 aliphatic carbocycles. The van der Waals surface area contributed by atoms with E-state index in [1.807, 2.05) is 24.3 Å². The summed E-state index contributed by atoms with van der Waals surface area (Å²) in [5.74, 6) is -0.136. The predicted molar refractivity (Wildman–Crippen MR) is 140 cm³/mol. The molecule has 0 unspecified atom stereocenters. The van der Waals surface area contributed by atoms with Gasteiger partial charge in [0, 0.05) is 29.4 Å². The monoisotopic (exact) mass is 493 g/mol. The Morgan fingerprint density at radius 1 is 1.12 bits per heavy atom. The Morgan fingerprint density at radius 2 is 1.85 bits per heavy atom. The number of amides is 1. The van der Waals surface area contributed by atoms with Crippen LogP contribution in [0.1, 0.15) is 30.0 Å². The summed E-state index contributed by atoms with van der Waals surface area (Å²) in [4.78, 5) is 19.5. The van der Waals surface area contributed by atoms with Gasteiger partial charge in [0.05, 0.1) is 12.5 Å². The second kappa shape index (κ2) is 11.0. The lowest BCUT2D eigenvalue weighted by atomic mass is 10.1. The lowest BCUT2D eigenvalue weighted by Gasteiger charge is -2.20. The molecule has 1 amide bonds. The summed E-state index contributed by atoms with van der Waals surface area (Å²) < 4.78 is 5.20. The molecule has 2 aromatic carbocycles. The Bertz CT molecular complexity index is 1250. The average molecular weight is 494 g/mol. The summed E-state index contributed by atoms with van der Waals surface area (Å²) in [5, 5.41) is 8.93. The van der Waals surface area contributed by atoms with Gasteiger partial charge in [-0.3, -0.25) is 10.2 Å². The third-order valence-electron chi connectivity index (χ3n) is 5.11. The van der Waals surface area contributed by atoms with Crippen LogP contribution in [-0.4, -0.2) is 30.2 Å². The number of benzene rings is 2. The van der Waals surface area contributed by atoms with Crippen LogP contribution in [0.3, 0.4) is 0 Å². The molecule has 2 aromatic heterocycles. The number of nitrogens with one attached hydrogen (secondary N) is 2. The van der Waals surface area contributed by atoms with E-state index in [1.54, 1.807) is 30.5 Å². The molecule has 0 fully saturated rings. The van der Waals surface area contributed by atoms with Gasteiger partial charge in [0.1, 0.15) is 10.7 Å². The number of thiazole rings is 1. The third kappa shape index (κ3) is 5.65. The quantitative estimate of drug-likeness (QED) is 0.203. The Labute approximate surface area is 207 Å². The van der Waals surface area contributed by atoms with Crippen LogP contribution in [0.2, 0.25) is 5.02 Å². The number of nitrogens with zero attached hydrogens (tertiary/aromatic N) is 3. The van der Waals surface area contributed by atoms with Gasteiger partial charge in [0.25, 0.3) is 5.91 Å². The minimum Gasteiger partial charge on any atom is -0.459 e. The summed E-state index contributed by atoms with van der Waals surface area (Å²) in [5.41, 5.74) is 6.54. The van der Waals surface area contributed by atoms with Gasteiger partial charge < -0.3 is 14.6 Å². The molecule has 0 radical (unpaired) electrons. The standard InChI is InChI=1S/C25H24ClN5O2S/c1-3-31(4-2)20-13-7-17(8-14-20)16-27-30-25-28-22(18-9-11-19(26)12-10-18)24(34-25)29-23(32)21-6-5-15-33-21/h5-16H,3-4H2,1-2H3,(H,28,30)(H,29,32)/b27-16+. The van der Waals surface area contributed by atoms with E-state index in [9.17, 15) is 4.79 Å². The largest absolute Gasteiger partial charge is 0.459 e. The molecule has 4 rings (SSSR count). The van der Waals surface area contributed by atoms with Crippen molar-refractivity contribution in [2.75, 3.05) is 28.7 Å². The van der Waals surface area contributed by atoms with Gasteiger partial charge in [0.2, 0.25) is 5.13 Å². The number of hydrogen-bond donors (Lipinski definition) is 2. The van der Waals surface area contributed by atoms with E-state index in [0.717, 1.165) is 24.2 Å². The lowest BCUT2D eigenvalue weighted by Crippen LogP contribution is -2.21. The van der Waals surface area contributed by atoms with E-state index in [-0.39, 0.29) is 11.7 Å². The highest BCUT2D eigenvalue weighted by atomic mass is 35.5. The summed E-state index contributed by atoms with van der Waals surface area (Å²) >= 11 is 7.31. The number of halogens is 1. The van der Waals surface area contributed by atoms with Crippen molar-refractivity contribution in [3.8, 4) is 11.3 Å². The van der Waals surface area contributed by atoms with Crippen LogP contribution in [0.5, 0.6) is 0 Å². The van der Waals surface area contributed by atoms with E-state index in [1.165, 1.54) is 23.3 Å². The predicted octanol–water partition coefficient (Wildman–Crippen LogP) is 6.60. The molecule has 7 nitrogen and oxygen atoms in total. The van der Waals surface area contributed by atoms with Crippen LogP contribution >= 0.6 is 22.9 Å². The van der Waals surface area contributed by atoms with Gasteiger partial charge in [0.15, 0.2) is 5.76 Å². The van der Waals surface area contributed by atoms with Crippen molar-refractivity contribution in [2.24, 2.45) is 5.10 Å². The second-order valence-corrected chi connectivity index (χ2v) is 8.70. The van der Waals surface area contributed by atoms with Crippen molar-refractivity contribution in [3.63, 3.8) is 0 Å². The molecule has 0 atom stereocenters. The number of aromatic nitrogens is 1. The third-order valence-corrected chi connectivity index (χ3v) is 6.24. The van der Waals surface area contributed by atoms with Crippen molar-refractivity contribution in [1.29, 1.82) is 0 Å². The summed E-state index contributed by atoms with van der Waals surface area (Å²) in [6.07, 6.45) is 3.19. The molecule has 0 aliphatic rings. The number of furan rings is 1. The van der Waals surface area contributed by atoms with Crippen molar-refractivity contribution < 1.29 is 9.21 Å². The van der Waals surface area contributed by atoms with Crippen LogP contribution < -0.4 is 15.6 Å². The smallest absolute Gasteiger partial charge is 0.292 e. The number of carbonyl (C=O) groups excluding carboxylic acids is 1. The highest BCUT2D eigenvalue weighted by Crippen LogP contribution is 2.36. The molecule has 4 aromatic rings. The fourth-order valence-electron chi connectivity index (χ4n) is 3.35. The zero-order valence-corrected chi connectivity index (χ0v) is 20.4. The van der Waals surface area contributed by atoms with Crippen molar-refractivity contribution in [3.05, 3.63) is 83.3 Å². The first-order valence-electron chi connectivity index (χ1n) is 10.8. The SMILES string of the molecule is CCN(CC)c1ccc(/C=N/Nc2nc(-c3ccc(Cl)cc3)c(NC(=O)c3ccco3)s2)cc1. The van der Waals surface area contributed by atoms with E-state index in [4.69, 9.17) is 16.0 Å². The second-order valence-electron chi connectivity index (χ2n) is 7.27. The van der Waals surface area contributed by atoms with Gasteiger partial charge in [-0.2, -0.15) is 5.10 Å². The first-order chi connectivity index (χ1) is 16.6. The Kier molecular flexibility index (Phi) is 7.61. The van der Waals surface area contributed by atoms with Gasteiger partial charge in [-0.25, -0.2) is 4.98 Å². The number of rotatable bonds is 9. The molecule has 0 bridgehead atoms. The minimum atomic E-state index is -0.354. The van der Waals surface area contributed by atoms with E-state index < -0.39 is 0 Å². The molecular weight excluding hydrogens is 470 g/mol. The first kappa shape index (κ1) is 23.5. The molecule has 0 spiro atoms. The van der Waals surface area contributed by atoms with Gasteiger partial charge >= 0.3 is 0 Å². The van der Waals surface area contributed by atoms with E-state index in [0.29, 0.717) is 20.8 Å². The van der Waals surface area contributed by atoms with Crippen molar-refractivity contribution in [1.82, 2.24) is 4.98 Å². The maximum atomic E-state index is 12.5. The van der Waals surface area contributed by atoms with Crippen LogP contribution in [0.4, 0.5) is 15.8 Å². The molecule has 0 aliphatic heterocycles. The Hall–Kier alpha value is -3.62. The highest BCUT2D eigenvalue weighted by molar-refractivity contribution is 7.20. The summed E-state index contributed by atoms with van der Waals surface area (Å²) in [7, 11) is 0. The van der Waals surface area contributed by atoms with Crippen LogP contribution in [0, 0.1) is 0 Å². The van der Waals surface area contributed by atoms with Gasteiger partial charge in [-0.15, -0.1) is 0 Å². The van der Waals surface area contributed by atoms with Crippen LogP contribution in [0.25, 0.3) is 11.3 Å². The first-order valence-corrected chi connectivity index (χ1v) is 12.0. The average Bonchev–Trinajstić information content (AvgIpc) is 3.52.